The highest BCUT2D eigenvalue weighted by atomic mass is 35.5. The van der Waals surface area contributed by atoms with Gasteiger partial charge in [0.05, 0.1) is 6.61 Å². The number of carboxylic acid groups (broad SMARTS) is 1. The lowest BCUT2D eigenvalue weighted by Crippen LogP contribution is -2.22. The van der Waals surface area contributed by atoms with E-state index < -0.39 is 5.97 Å². The number of carbonyl (C=O) groups is 1. The quantitative estimate of drug-likeness (QED) is 0.796. The molecule has 16 heavy (non-hydrogen) atoms. The maximum Gasteiger partial charge on any atom is 0.349 e. The number of hydrogen-bond donors (Lipinski definition) is 1. The average molecular weight is 265 g/mol. The molecule has 0 radical (unpaired) electrons. The highest BCUT2D eigenvalue weighted by molar-refractivity contribution is 7.18. The first-order valence-electron chi connectivity index (χ1n) is 4.74. The van der Waals surface area contributed by atoms with Crippen molar-refractivity contribution in [3.63, 3.8) is 0 Å². The smallest absolute Gasteiger partial charge is 0.349 e. The number of nitrogens with zero attached hydrogens (tertiary/aromatic N) is 2. The minimum absolute atomic E-state index is 0.0377. The Balaban J connectivity index is 2.65. The molecule has 0 fully saturated rings. The molecule has 1 N–H and O–H groups in total. The summed E-state index contributed by atoms with van der Waals surface area (Å²) < 4.78 is 5.20. The second kappa shape index (κ2) is 6.03. The molecular formula is C9H13ClN2O3S. The molecule has 0 aliphatic rings. The van der Waals surface area contributed by atoms with Gasteiger partial charge < -0.3 is 14.7 Å². The van der Waals surface area contributed by atoms with Gasteiger partial charge in [0.2, 0.25) is 0 Å². The Bertz CT molecular complexity index is 370. The summed E-state index contributed by atoms with van der Waals surface area (Å²) in [5.41, 5.74) is 0. The number of carboxylic acids is 1. The Morgan fingerprint density at radius 3 is 2.88 bits per heavy atom. The van der Waals surface area contributed by atoms with Crippen LogP contribution in [0.5, 0.6) is 0 Å². The van der Waals surface area contributed by atoms with Crippen molar-refractivity contribution >= 4 is 34.0 Å². The number of thiazole rings is 1. The van der Waals surface area contributed by atoms with Crippen LogP contribution in [0.2, 0.25) is 5.15 Å². The van der Waals surface area contributed by atoms with Gasteiger partial charge in [0.15, 0.2) is 15.2 Å². The third-order valence-corrected chi connectivity index (χ3v) is 3.41. The summed E-state index contributed by atoms with van der Waals surface area (Å²) in [6.45, 7) is 3.80. The zero-order valence-corrected chi connectivity index (χ0v) is 10.6. The van der Waals surface area contributed by atoms with Gasteiger partial charge in [-0.25, -0.2) is 9.78 Å². The van der Waals surface area contributed by atoms with Crippen molar-refractivity contribution in [3.8, 4) is 0 Å². The van der Waals surface area contributed by atoms with E-state index in [-0.39, 0.29) is 10.0 Å². The molecule has 0 bridgehead atoms. The van der Waals surface area contributed by atoms with E-state index in [2.05, 4.69) is 4.98 Å². The fourth-order valence-electron chi connectivity index (χ4n) is 1.03. The molecule has 0 saturated heterocycles. The Morgan fingerprint density at radius 1 is 1.69 bits per heavy atom. The maximum absolute atomic E-state index is 10.8. The Labute approximate surface area is 103 Å². The van der Waals surface area contributed by atoms with E-state index in [1.807, 2.05) is 18.9 Å². The van der Waals surface area contributed by atoms with Crippen LogP contribution in [-0.4, -0.2) is 42.9 Å². The van der Waals surface area contributed by atoms with Crippen LogP contribution in [0.4, 0.5) is 5.13 Å². The van der Waals surface area contributed by atoms with Crippen molar-refractivity contribution in [1.82, 2.24) is 4.98 Å². The number of hydrogen-bond acceptors (Lipinski definition) is 5. The lowest BCUT2D eigenvalue weighted by atomic mass is 10.6. The summed E-state index contributed by atoms with van der Waals surface area (Å²) >= 11 is 6.77. The molecule has 0 spiro atoms. The van der Waals surface area contributed by atoms with Crippen molar-refractivity contribution < 1.29 is 14.6 Å². The minimum Gasteiger partial charge on any atom is -0.477 e. The molecule has 1 rings (SSSR count). The molecule has 0 amide bonds. The van der Waals surface area contributed by atoms with Crippen molar-refractivity contribution in [1.29, 1.82) is 0 Å². The van der Waals surface area contributed by atoms with Crippen LogP contribution in [0.15, 0.2) is 0 Å². The fraction of sp³-hybridized carbons (Fsp3) is 0.556. The second-order valence-electron chi connectivity index (χ2n) is 3.04. The summed E-state index contributed by atoms with van der Waals surface area (Å²) in [5.74, 6) is -1.05. The van der Waals surface area contributed by atoms with Crippen LogP contribution in [0.25, 0.3) is 0 Å². The maximum atomic E-state index is 10.8. The van der Waals surface area contributed by atoms with E-state index >= 15 is 0 Å². The van der Waals surface area contributed by atoms with Crippen LogP contribution in [0.1, 0.15) is 16.6 Å². The van der Waals surface area contributed by atoms with Crippen LogP contribution in [0, 0.1) is 0 Å². The average Bonchev–Trinajstić information content (AvgIpc) is 2.60. The lowest BCUT2D eigenvalue weighted by molar-refractivity contribution is 0.0702. The first-order valence-corrected chi connectivity index (χ1v) is 5.94. The molecule has 0 atom stereocenters. The highest BCUT2D eigenvalue weighted by Gasteiger charge is 2.17. The van der Waals surface area contributed by atoms with Crippen molar-refractivity contribution in [2.45, 2.75) is 6.92 Å². The van der Waals surface area contributed by atoms with Crippen molar-refractivity contribution in [2.24, 2.45) is 0 Å². The lowest BCUT2D eigenvalue weighted by Gasteiger charge is -2.14. The molecule has 0 saturated carbocycles. The number of rotatable bonds is 6. The van der Waals surface area contributed by atoms with Crippen LogP contribution in [0.3, 0.4) is 0 Å². The van der Waals surface area contributed by atoms with Gasteiger partial charge in [-0.1, -0.05) is 22.9 Å². The Kier molecular flexibility index (Phi) is 4.98. The number of aromatic carboxylic acids is 1. The summed E-state index contributed by atoms with van der Waals surface area (Å²) in [7, 11) is 1.82. The molecule has 90 valence electrons. The summed E-state index contributed by atoms with van der Waals surface area (Å²) in [5, 5.41) is 9.44. The van der Waals surface area contributed by atoms with Gasteiger partial charge in [-0.3, -0.25) is 0 Å². The Morgan fingerprint density at radius 2 is 2.38 bits per heavy atom. The number of anilines is 1. The van der Waals surface area contributed by atoms with Gasteiger partial charge in [-0.05, 0) is 6.92 Å². The molecule has 1 aromatic rings. The molecule has 0 aromatic carbocycles. The van der Waals surface area contributed by atoms with Crippen molar-refractivity contribution in [3.05, 3.63) is 10.0 Å². The van der Waals surface area contributed by atoms with Crippen LogP contribution >= 0.6 is 22.9 Å². The first kappa shape index (κ1) is 13.2. The van der Waals surface area contributed by atoms with E-state index in [4.69, 9.17) is 21.4 Å². The largest absolute Gasteiger partial charge is 0.477 e. The normalized spacial score (nSPS) is 10.4. The topological polar surface area (TPSA) is 62.7 Å². The van der Waals surface area contributed by atoms with E-state index in [1.165, 1.54) is 0 Å². The van der Waals surface area contributed by atoms with Crippen molar-refractivity contribution in [2.75, 3.05) is 31.7 Å². The first-order chi connectivity index (χ1) is 7.56. The van der Waals surface area contributed by atoms with E-state index in [0.29, 0.717) is 24.9 Å². The van der Waals surface area contributed by atoms with Crippen LogP contribution in [-0.2, 0) is 4.74 Å². The monoisotopic (exact) mass is 264 g/mol. The number of likely N-dealkylation sites (N-methyl/N-ethyl adjacent to an activating group) is 1. The molecule has 0 aliphatic heterocycles. The highest BCUT2D eigenvalue weighted by Crippen LogP contribution is 2.28. The molecule has 1 heterocycles. The minimum atomic E-state index is -1.05. The van der Waals surface area contributed by atoms with E-state index in [1.54, 1.807) is 0 Å². The van der Waals surface area contributed by atoms with Gasteiger partial charge in [0.1, 0.15) is 0 Å². The van der Waals surface area contributed by atoms with E-state index in [0.717, 1.165) is 11.3 Å². The molecule has 0 unspecified atom stereocenters. The van der Waals surface area contributed by atoms with Gasteiger partial charge in [0.25, 0.3) is 0 Å². The summed E-state index contributed by atoms with van der Waals surface area (Å²) in [6, 6.07) is 0. The number of aromatic nitrogens is 1. The van der Waals surface area contributed by atoms with Gasteiger partial charge in [0, 0.05) is 20.2 Å². The van der Waals surface area contributed by atoms with Crippen LogP contribution < -0.4 is 4.90 Å². The van der Waals surface area contributed by atoms with Gasteiger partial charge in [-0.15, -0.1) is 0 Å². The zero-order valence-electron chi connectivity index (χ0n) is 9.07. The number of ether oxygens (including phenoxy) is 1. The summed E-state index contributed by atoms with van der Waals surface area (Å²) in [6.07, 6.45) is 0. The van der Waals surface area contributed by atoms with E-state index in [9.17, 15) is 4.79 Å². The second-order valence-corrected chi connectivity index (χ2v) is 4.38. The molecule has 1 aromatic heterocycles. The molecule has 0 aliphatic carbocycles. The predicted octanol–water partition coefficient (Wildman–Crippen LogP) is 1.97. The molecule has 7 heteroatoms. The third kappa shape index (κ3) is 3.33. The number of halogens is 1. The third-order valence-electron chi connectivity index (χ3n) is 1.87. The molecular weight excluding hydrogens is 252 g/mol. The van der Waals surface area contributed by atoms with Gasteiger partial charge >= 0.3 is 5.97 Å². The standard InChI is InChI=1S/C9H13ClN2O3S/c1-3-15-5-4-12(2)9-11-7(10)6(16-9)8(13)14/h3-5H2,1-2H3,(H,13,14). The fourth-order valence-corrected chi connectivity index (χ4v) is 2.14. The summed E-state index contributed by atoms with van der Waals surface area (Å²) in [4.78, 5) is 16.6. The zero-order chi connectivity index (χ0) is 12.1. The molecule has 5 nitrogen and oxygen atoms in total. The van der Waals surface area contributed by atoms with Gasteiger partial charge in [-0.2, -0.15) is 0 Å². The SMILES string of the molecule is CCOCCN(C)c1nc(Cl)c(C(=O)O)s1. The predicted molar refractivity (Wildman–Crippen MR) is 63.8 cm³/mol. The Hall–Kier alpha value is -0.850.